The summed E-state index contributed by atoms with van der Waals surface area (Å²) in [5, 5.41) is 1.09. The minimum Gasteiger partial charge on any atom is -0.456 e. The van der Waals surface area contributed by atoms with Crippen LogP contribution in [-0.2, 0) is 24.4 Å². The first-order valence-corrected chi connectivity index (χ1v) is 12.2. The first-order chi connectivity index (χ1) is 16.1. The van der Waals surface area contributed by atoms with Crippen LogP contribution in [0.2, 0.25) is 0 Å². The molecular weight excluding hydrogens is 464 g/mol. The lowest BCUT2D eigenvalue weighted by Crippen LogP contribution is -2.52. The third-order valence-electron chi connectivity index (χ3n) is 5.31. The van der Waals surface area contributed by atoms with Crippen LogP contribution in [0.5, 0.6) is 0 Å². The normalized spacial score (nSPS) is 15.0. The van der Waals surface area contributed by atoms with Gasteiger partial charge in [-0.25, -0.2) is 4.79 Å². The van der Waals surface area contributed by atoms with Crippen molar-refractivity contribution in [1.29, 1.82) is 0 Å². The molecule has 1 unspecified atom stereocenters. The second kappa shape index (κ2) is 10.4. The zero-order chi connectivity index (χ0) is 24.8. The molecule has 3 rings (SSSR count). The number of methoxy groups -OCH3 is 1. The van der Waals surface area contributed by atoms with E-state index >= 15 is 0 Å². The maximum Gasteiger partial charge on any atom is 0.432 e. The zero-order valence-electron chi connectivity index (χ0n) is 18.6. The van der Waals surface area contributed by atoms with E-state index < -0.39 is 36.6 Å². The van der Waals surface area contributed by atoms with Crippen LogP contribution in [0.25, 0.3) is 0 Å². The highest BCUT2D eigenvalue weighted by molar-refractivity contribution is 7.81. The maximum absolute atomic E-state index is 14.1. The van der Waals surface area contributed by atoms with Crippen LogP contribution in [0.3, 0.4) is 0 Å². The lowest BCUT2D eigenvalue weighted by Gasteiger charge is -2.33. The Morgan fingerprint density at radius 2 is 1.29 bits per heavy atom. The number of carbonyl (C=O) groups excluding carboxylic acids is 1. The molecule has 178 valence electrons. The molecule has 0 spiro atoms. The van der Waals surface area contributed by atoms with Crippen molar-refractivity contribution in [2.45, 2.75) is 24.8 Å². The highest BCUT2D eigenvalue weighted by Crippen LogP contribution is 2.46. The summed E-state index contributed by atoms with van der Waals surface area (Å²) in [4.78, 5) is 12.8. The Kier molecular flexibility index (Phi) is 7.80. The fourth-order valence-electron chi connectivity index (χ4n) is 3.54. The summed E-state index contributed by atoms with van der Waals surface area (Å²) in [5.41, 5.74) is -3.69. The van der Waals surface area contributed by atoms with Crippen molar-refractivity contribution in [3.8, 4) is 0 Å². The first kappa shape index (κ1) is 25.5. The predicted octanol–water partition coefficient (Wildman–Crippen LogP) is 5.55. The van der Waals surface area contributed by atoms with Crippen LogP contribution in [0.4, 0.5) is 13.2 Å². The number of benzene rings is 3. The van der Waals surface area contributed by atoms with Crippen LogP contribution >= 0.6 is 7.14 Å². The monoisotopic (exact) mass is 488 g/mol. The molecule has 3 aromatic carbocycles. The summed E-state index contributed by atoms with van der Waals surface area (Å²) < 4.78 is 66.2. The van der Waals surface area contributed by atoms with Crippen LogP contribution in [0.15, 0.2) is 103 Å². The Morgan fingerprint density at radius 1 is 0.853 bits per heavy atom. The van der Waals surface area contributed by atoms with E-state index in [0.717, 1.165) is 19.2 Å². The van der Waals surface area contributed by atoms with E-state index in [1.165, 1.54) is 37.0 Å². The van der Waals surface area contributed by atoms with Crippen LogP contribution in [0, 0.1) is 0 Å². The number of hydrogen-bond donors (Lipinski definition) is 0. The molecule has 0 heterocycles. The van der Waals surface area contributed by atoms with Gasteiger partial charge in [-0.15, -0.1) is 0 Å². The standard InChI is InChI=1S/C26H24F3O4P/c1-20(33-24(30)25(32-2,26(27,28)29)21-12-6-3-7-13-21)18-19-34(31,22-14-8-4-9-15-22)23-16-10-5-11-17-23/h3-20H,1-2H3/b19-18+/t20-,25?/m1/s1. The average molecular weight is 488 g/mol. The van der Waals surface area contributed by atoms with E-state index in [-0.39, 0.29) is 0 Å². The smallest absolute Gasteiger partial charge is 0.432 e. The van der Waals surface area contributed by atoms with Gasteiger partial charge in [0.15, 0.2) is 7.14 Å². The molecule has 34 heavy (non-hydrogen) atoms. The molecule has 0 N–H and O–H groups in total. The number of esters is 1. The number of alkyl halides is 3. The van der Waals surface area contributed by atoms with E-state index in [1.54, 1.807) is 60.7 Å². The number of carbonyl (C=O) groups is 1. The van der Waals surface area contributed by atoms with E-state index in [4.69, 9.17) is 9.47 Å². The van der Waals surface area contributed by atoms with Gasteiger partial charge < -0.3 is 14.0 Å². The summed E-state index contributed by atoms with van der Waals surface area (Å²) in [7, 11) is -2.48. The van der Waals surface area contributed by atoms with Gasteiger partial charge in [0.05, 0.1) is 0 Å². The average Bonchev–Trinajstić information content (AvgIpc) is 2.84. The van der Waals surface area contributed by atoms with Crippen molar-refractivity contribution < 1.29 is 32.0 Å². The van der Waals surface area contributed by atoms with Gasteiger partial charge in [-0.05, 0) is 18.8 Å². The van der Waals surface area contributed by atoms with Crippen molar-refractivity contribution in [3.05, 3.63) is 108 Å². The van der Waals surface area contributed by atoms with Crippen LogP contribution < -0.4 is 10.6 Å². The number of halogens is 3. The Morgan fingerprint density at radius 3 is 1.71 bits per heavy atom. The highest BCUT2D eigenvalue weighted by atomic mass is 31.2. The number of hydrogen-bond acceptors (Lipinski definition) is 4. The quantitative estimate of drug-likeness (QED) is 0.308. The zero-order valence-corrected chi connectivity index (χ0v) is 19.5. The first-order valence-electron chi connectivity index (χ1n) is 10.4. The SMILES string of the molecule is COC(C(=O)O[C@H](C)/C=C/P(=O)(c1ccccc1)c1ccccc1)(c1ccccc1)C(F)(F)F. The summed E-state index contributed by atoms with van der Waals surface area (Å²) in [5.74, 6) is -0.208. The Balaban J connectivity index is 1.93. The molecule has 8 heteroatoms. The van der Waals surface area contributed by atoms with Gasteiger partial charge in [-0.1, -0.05) is 91.0 Å². The molecule has 4 nitrogen and oxygen atoms in total. The molecule has 0 radical (unpaired) electrons. The fraction of sp³-hybridized carbons (Fsp3) is 0.192. The topological polar surface area (TPSA) is 52.6 Å². The molecule has 0 bridgehead atoms. The summed E-state index contributed by atoms with van der Waals surface area (Å²) >= 11 is 0. The molecule has 3 aromatic rings. The summed E-state index contributed by atoms with van der Waals surface area (Å²) in [6, 6.07) is 24.0. The molecule has 0 aliphatic carbocycles. The van der Waals surface area contributed by atoms with Crippen molar-refractivity contribution in [2.75, 3.05) is 7.11 Å². The second-order valence-electron chi connectivity index (χ2n) is 7.53. The maximum atomic E-state index is 14.1. The van der Waals surface area contributed by atoms with E-state index in [2.05, 4.69) is 0 Å². The number of ether oxygens (including phenoxy) is 2. The molecular formula is C26H24F3O4P. The minimum absolute atomic E-state index is 0.398. The van der Waals surface area contributed by atoms with Gasteiger partial charge in [-0.3, -0.25) is 0 Å². The van der Waals surface area contributed by atoms with Gasteiger partial charge in [-0.2, -0.15) is 13.2 Å². The van der Waals surface area contributed by atoms with Crippen molar-refractivity contribution in [2.24, 2.45) is 0 Å². The van der Waals surface area contributed by atoms with E-state index in [0.29, 0.717) is 10.6 Å². The van der Waals surface area contributed by atoms with Gasteiger partial charge in [0, 0.05) is 23.3 Å². The predicted molar refractivity (Wildman–Crippen MR) is 126 cm³/mol. The fourth-order valence-corrected chi connectivity index (χ4v) is 5.90. The molecule has 0 aromatic heterocycles. The Labute approximate surface area is 196 Å². The van der Waals surface area contributed by atoms with Crippen LogP contribution in [-0.4, -0.2) is 25.4 Å². The van der Waals surface area contributed by atoms with Gasteiger partial charge in [0.25, 0.3) is 5.60 Å². The molecule has 0 amide bonds. The third kappa shape index (κ3) is 5.01. The molecule has 0 aliphatic rings. The minimum atomic E-state index is -5.08. The molecule has 0 saturated heterocycles. The van der Waals surface area contributed by atoms with Gasteiger partial charge in [0.2, 0.25) is 0 Å². The highest BCUT2D eigenvalue weighted by Gasteiger charge is 2.64. The number of rotatable bonds is 8. The third-order valence-corrected chi connectivity index (χ3v) is 8.04. The second-order valence-corrected chi connectivity index (χ2v) is 10.2. The molecule has 2 atom stereocenters. The lowest BCUT2D eigenvalue weighted by atomic mass is 9.92. The van der Waals surface area contributed by atoms with Crippen molar-refractivity contribution >= 4 is 23.7 Å². The Hall–Kier alpha value is -3.15. The van der Waals surface area contributed by atoms with Crippen molar-refractivity contribution in [3.63, 3.8) is 0 Å². The van der Waals surface area contributed by atoms with E-state index in [9.17, 15) is 22.5 Å². The molecule has 0 saturated carbocycles. The Bertz CT molecular complexity index is 1120. The largest absolute Gasteiger partial charge is 0.456 e. The summed E-state index contributed by atoms with van der Waals surface area (Å²) in [6.45, 7) is 1.40. The van der Waals surface area contributed by atoms with E-state index in [1.807, 2.05) is 0 Å². The van der Waals surface area contributed by atoms with Crippen molar-refractivity contribution in [1.82, 2.24) is 0 Å². The van der Waals surface area contributed by atoms with Crippen LogP contribution in [0.1, 0.15) is 12.5 Å². The molecule has 0 aliphatic heterocycles. The molecule has 0 fully saturated rings. The lowest BCUT2D eigenvalue weighted by molar-refractivity contribution is -0.277. The van der Waals surface area contributed by atoms with Gasteiger partial charge >= 0.3 is 12.1 Å². The summed E-state index contributed by atoms with van der Waals surface area (Å²) in [6.07, 6.45) is -4.86. The van der Waals surface area contributed by atoms with Gasteiger partial charge in [0.1, 0.15) is 6.10 Å².